The highest BCUT2D eigenvalue weighted by Gasteiger charge is 2.12. The van der Waals surface area contributed by atoms with Crippen LogP contribution in [0.15, 0.2) is 24.3 Å². The predicted octanol–water partition coefficient (Wildman–Crippen LogP) is 5.82. The van der Waals surface area contributed by atoms with Crippen molar-refractivity contribution in [1.82, 2.24) is 5.32 Å². The van der Waals surface area contributed by atoms with E-state index in [0.717, 1.165) is 0 Å². The van der Waals surface area contributed by atoms with E-state index in [4.69, 9.17) is 0 Å². The number of rotatable bonds is 9. The zero-order valence-corrected chi connectivity index (χ0v) is 14.1. The molecule has 2 atom stereocenters. The summed E-state index contributed by atoms with van der Waals surface area (Å²) in [4.78, 5) is 0. The van der Waals surface area contributed by atoms with Crippen LogP contribution >= 0.6 is 0 Å². The molecule has 1 N–H and O–H groups in total. The van der Waals surface area contributed by atoms with E-state index in [9.17, 15) is 0 Å². The fourth-order valence-electron chi connectivity index (χ4n) is 2.73. The van der Waals surface area contributed by atoms with Crippen LogP contribution in [0.3, 0.4) is 0 Å². The molecule has 0 aliphatic carbocycles. The van der Waals surface area contributed by atoms with Crippen molar-refractivity contribution in [2.24, 2.45) is 0 Å². The van der Waals surface area contributed by atoms with Crippen molar-refractivity contribution in [2.45, 2.75) is 84.7 Å². The summed E-state index contributed by atoms with van der Waals surface area (Å²) in [6.45, 7) is 11.3. The van der Waals surface area contributed by atoms with E-state index in [0.29, 0.717) is 18.0 Å². The zero-order valence-electron chi connectivity index (χ0n) is 14.1. The quantitative estimate of drug-likeness (QED) is 0.599. The van der Waals surface area contributed by atoms with Crippen LogP contribution in [0.5, 0.6) is 0 Å². The average molecular weight is 275 g/mol. The lowest BCUT2D eigenvalue weighted by Crippen LogP contribution is -2.31. The Balaban J connectivity index is 2.60. The minimum atomic E-state index is 0.449. The van der Waals surface area contributed by atoms with Crippen LogP contribution in [0, 0.1) is 0 Å². The third-order valence-electron chi connectivity index (χ3n) is 4.13. The first-order chi connectivity index (χ1) is 9.58. The molecule has 0 saturated carbocycles. The Morgan fingerprint density at radius 1 is 0.850 bits per heavy atom. The van der Waals surface area contributed by atoms with E-state index in [1.54, 1.807) is 0 Å². The molecule has 0 aromatic heterocycles. The smallest absolute Gasteiger partial charge is 0.0294 e. The van der Waals surface area contributed by atoms with Gasteiger partial charge in [0.25, 0.3) is 0 Å². The van der Waals surface area contributed by atoms with Gasteiger partial charge in [0.1, 0.15) is 0 Å². The molecule has 0 radical (unpaired) electrons. The molecule has 0 spiro atoms. The summed E-state index contributed by atoms with van der Waals surface area (Å²) in [5.74, 6) is 0.615. The van der Waals surface area contributed by atoms with Crippen LogP contribution in [0.25, 0.3) is 0 Å². The lowest BCUT2D eigenvalue weighted by molar-refractivity contribution is 0.396. The van der Waals surface area contributed by atoms with Crippen LogP contribution in [0.4, 0.5) is 0 Å². The molecule has 0 fully saturated rings. The first-order valence-corrected chi connectivity index (χ1v) is 8.44. The van der Waals surface area contributed by atoms with Crippen molar-refractivity contribution in [3.8, 4) is 0 Å². The minimum absolute atomic E-state index is 0.449. The van der Waals surface area contributed by atoms with Crippen molar-refractivity contribution in [3.63, 3.8) is 0 Å². The highest BCUT2D eigenvalue weighted by molar-refractivity contribution is 5.26. The van der Waals surface area contributed by atoms with E-state index < -0.39 is 0 Å². The summed E-state index contributed by atoms with van der Waals surface area (Å²) >= 11 is 0. The summed E-state index contributed by atoms with van der Waals surface area (Å²) in [6.07, 6.45) is 6.48. The zero-order chi connectivity index (χ0) is 15.0. The Kier molecular flexibility index (Phi) is 7.91. The maximum atomic E-state index is 3.82. The first-order valence-electron chi connectivity index (χ1n) is 8.44. The number of unbranched alkanes of at least 4 members (excludes halogenated alkanes) is 1. The lowest BCUT2D eigenvalue weighted by atomic mass is 9.98. The van der Waals surface area contributed by atoms with Gasteiger partial charge in [-0.05, 0) is 36.8 Å². The standard InChI is InChI=1S/C19H33N/c1-6-8-10-19(9-7-2)20-16(5)18-13-11-17(12-14-18)15(3)4/h11-16,19-20H,6-10H2,1-5H3. The molecule has 0 aliphatic heterocycles. The molecule has 0 bridgehead atoms. The molecule has 0 heterocycles. The largest absolute Gasteiger partial charge is 0.307 e. The Hall–Kier alpha value is -0.820. The Morgan fingerprint density at radius 2 is 1.45 bits per heavy atom. The van der Waals surface area contributed by atoms with E-state index in [1.807, 2.05) is 0 Å². The molecular weight excluding hydrogens is 242 g/mol. The molecule has 0 saturated heterocycles. The predicted molar refractivity (Wildman–Crippen MR) is 90.3 cm³/mol. The normalized spacial score (nSPS) is 14.5. The van der Waals surface area contributed by atoms with E-state index >= 15 is 0 Å². The van der Waals surface area contributed by atoms with Gasteiger partial charge in [0.2, 0.25) is 0 Å². The molecule has 1 aromatic rings. The van der Waals surface area contributed by atoms with Gasteiger partial charge in [0.05, 0.1) is 0 Å². The fourth-order valence-corrected chi connectivity index (χ4v) is 2.73. The molecule has 1 rings (SSSR count). The van der Waals surface area contributed by atoms with Gasteiger partial charge in [-0.25, -0.2) is 0 Å². The topological polar surface area (TPSA) is 12.0 Å². The molecule has 1 nitrogen and oxygen atoms in total. The molecule has 1 heteroatoms. The SMILES string of the molecule is CCCCC(CCC)NC(C)c1ccc(C(C)C)cc1. The van der Waals surface area contributed by atoms with Crippen molar-refractivity contribution in [2.75, 3.05) is 0 Å². The molecule has 114 valence electrons. The van der Waals surface area contributed by atoms with Crippen LogP contribution < -0.4 is 5.32 Å². The molecule has 2 unspecified atom stereocenters. The van der Waals surface area contributed by atoms with Gasteiger partial charge in [-0.1, -0.05) is 71.2 Å². The molecule has 1 aromatic carbocycles. The van der Waals surface area contributed by atoms with Crippen LogP contribution in [-0.2, 0) is 0 Å². The summed E-state index contributed by atoms with van der Waals surface area (Å²) < 4.78 is 0. The van der Waals surface area contributed by atoms with E-state index in [2.05, 4.69) is 64.2 Å². The van der Waals surface area contributed by atoms with Crippen molar-refractivity contribution >= 4 is 0 Å². The molecule has 20 heavy (non-hydrogen) atoms. The Morgan fingerprint density at radius 3 is 1.95 bits per heavy atom. The van der Waals surface area contributed by atoms with Gasteiger partial charge in [-0.2, -0.15) is 0 Å². The van der Waals surface area contributed by atoms with Crippen molar-refractivity contribution in [1.29, 1.82) is 0 Å². The van der Waals surface area contributed by atoms with Crippen LogP contribution in [0.1, 0.15) is 89.8 Å². The van der Waals surface area contributed by atoms with Crippen molar-refractivity contribution in [3.05, 3.63) is 35.4 Å². The van der Waals surface area contributed by atoms with Gasteiger partial charge >= 0.3 is 0 Å². The molecule has 0 aliphatic rings. The molecule has 0 amide bonds. The van der Waals surface area contributed by atoms with Crippen LogP contribution in [-0.4, -0.2) is 6.04 Å². The summed E-state index contributed by atoms with van der Waals surface area (Å²) in [5, 5.41) is 3.82. The van der Waals surface area contributed by atoms with Gasteiger partial charge in [0, 0.05) is 12.1 Å². The van der Waals surface area contributed by atoms with E-state index in [-0.39, 0.29) is 0 Å². The maximum absolute atomic E-state index is 3.82. The second-order valence-electron chi connectivity index (χ2n) is 6.34. The van der Waals surface area contributed by atoms with Crippen LogP contribution in [0.2, 0.25) is 0 Å². The third-order valence-corrected chi connectivity index (χ3v) is 4.13. The van der Waals surface area contributed by atoms with Gasteiger partial charge in [-0.15, -0.1) is 0 Å². The Labute approximate surface area is 126 Å². The monoisotopic (exact) mass is 275 g/mol. The van der Waals surface area contributed by atoms with Gasteiger partial charge < -0.3 is 5.32 Å². The van der Waals surface area contributed by atoms with Crippen molar-refractivity contribution < 1.29 is 0 Å². The molecular formula is C19H33N. The van der Waals surface area contributed by atoms with Gasteiger partial charge in [0.15, 0.2) is 0 Å². The van der Waals surface area contributed by atoms with Gasteiger partial charge in [-0.3, -0.25) is 0 Å². The highest BCUT2D eigenvalue weighted by atomic mass is 14.9. The fraction of sp³-hybridized carbons (Fsp3) is 0.684. The number of nitrogens with one attached hydrogen (secondary N) is 1. The number of benzene rings is 1. The lowest BCUT2D eigenvalue weighted by Gasteiger charge is -2.23. The number of hydrogen-bond acceptors (Lipinski definition) is 1. The average Bonchev–Trinajstić information content (AvgIpc) is 2.45. The number of hydrogen-bond donors (Lipinski definition) is 1. The second-order valence-corrected chi connectivity index (χ2v) is 6.34. The summed E-state index contributed by atoms with van der Waals surface area (Å²) in [7, 11) is 0. The second kappa shape index (κ2) is 9.18. The summed E-state index contributed by atoms with van der Waals surface area (Å²) in [6, 6.07) is 10.2. The van der Waals surface area contributed by atoms with E-state index in [1.165, 1.54) is 43.2 Å². The summed E-state index contributed by atoms with van der Waals surface area (Å²) in [5.41, 5.74) is 2.84. The Bertz CT molecular complexity index is 353. The maximum Gasteiger partial charge on any atom is 0.0294 e. The first kappa shape index (κ1) is 17.2. The third kappa shape index (κ3) is 5.66. The minimum Gasteiger partial charge on any atom is -0.307 e. The highest BCUT2D eigenvalue weighted by Crippen LogP contribution is 2.20.